The maximum absolute atomic E-state index is 12.3. The Labute approximate surface area is 167 Å². The van der Waals surface area contributed by atoms with Crippen molar-refractivity contribution in [2.75, 3.05) is 50.8 Å². The maximum Gasteiger partial charge on any atom is 0.319 e. The average molecular weight is 389 g/mol. The van der Waals surface area contributed by atoms with Crippen molar-refractivity contribution in [3.63, 3.8) is 0 Å². The summed E-state index contributed by atoms with van der Waals surface area (Å²) in [7, 11) is 0. The highest BCUT2D eigenvalue weighted by molar-refractivity contribution is 7.98. The fraction of sp³-hybridized carbons (Fsp3) is 0.667. The van der Waals surface area contributed by atoms with Gasteiger partial charge in [-0.25, -0.2) is 4.79 Å². The number of urea groups is 1. The molecule has 0 aliphatic carbocycles. The highest BCUT2D eigenvalue weighted by Crippen LogP contribution is 2.36. The molecule has 2 bridgehead atoms. The molecular formula is C21H32N4OS. The van der Waals surface area contributed by atoms with E-state index in [-0.39, 0.29) is 6.03 Å². The number of thioether (sulfide) groups is 1. The van der Waals surface area contributed by atoms with Crippen LogP contribution in [0.2, 0.25) is 0 Å². The topological polar surface area (TPSA) is 47.6 Å². The lowest BCUT2D eigenvalue weighted by Gasteiger charge is -2.50. The zero-order valence-corrected chi connectivity index (χ0v) is 17.1. The molecule has 6 heteroatoms. The van der Waals surface area contributed by atoms with Crippen LogP contribution in [0.3, 0.4) is 0 Å². The summed E-state index contributed by atoms with van der Waals surface area (Å²) in [6.07, 6.45) is 7.37. The van der Waals surface area contributed by atoms with Crippen molar-refractivity contribution < 1.29 is 4.79 Å². The van der Waals surface area contributed by atoms with Crippen LogP contribution in [0.15, 0.2) is 29.2 Å². The molecule has 4 fully saturated rings. The largest absolute Gasteiger partial charge is 0.336 e. The first-order chi connectivity index (χ1) is 13.2. The lowest BCUT2D eigenvalue weighted by atomic mass is 9.75. The summed E-state index contributed by atoms with van der Waals surface area (Å²) >= 11 is 1.68. The number of piperidine rings is 3. The number of amides is 2. The molecule has 4 unspecified atom stereocenters. The molecule has 0 radical (unpaired) electrons. The minimum Gasteiger partial charge on any atom is -0.336 e. The molecule has 4 atom stereocenters. The standard InChI is InChI=1S/C21H32N4OS/c1-27-20-6-4-5-18(12-20)23-21(26)22-13-19-11-16-7-10-25(19)15-17(16)14-24-8-2-3-9-24/h4-6,12,16-17,19H,2-3,7-11,13-15H2,1H3,(H2,22,23,26). The maximum atomic E-state index is 12.3. The third-order valence-corrected chi connectivity index (χ3v) is 7.26. The number of likely N-dealkylation sites (tertiary alicyclic amines) is 1. The van der Waals surface area contributed by atoms with Crippen molar-refractivity contribution in [2.24, 2.45) is 11.8 Å². The Hall–Kier alpha value is -1.24. The van der Waals surface area contributed by atoms with Crippen molar-refractivity contribution in [1.82, 2.24) is 15.1 Å². The van der Waals surface area contributed by atoms with Gasteiger partial charge >= 0.3 is 6.03 Å². The summed E-state index contributed by atoms with van der Waals surface area (Å²) in [5.74, 6) is 1.67. The molecule has 2 N–H and O–H groups in total. The van der Waals surface area contributed by atoms with E-state index in [0.717, 1.165) is 29.0 Å². The van der Waals surface area contributed by atoms with Crippen molar-refractivity contribution in [1.29, 1.82) is 0 Å². The number of nitrogens with zero attached hydrogens (tertiary/aromatic N) is 2. The van der Waals surface area contributed by atoms with E-state index in [1.54, 1.807) is 11.8 Å². The quantitative estimate of drug-likeness (QED) is 0.734. The number of anilines is 1. The number of benzene rings is 1. The summed E-state index contributed by atoms with van der Waals surface area (Å²) in [6, 6.07) is 8.39. The fourth-order valence-corrected chi connectivity index (χ4v) is 5.51. The molecule has 1 aromatic rings. The van der Waals surface area contributed by atoms with Crippen LogP contribution < -0.4 is 10.6 Å². The van der Waals surface area contributed by atoms with Gasteiger partial charge in [-0.3, -0.25) is 4.90 Å². The molecule has 148 valence electrons. The van der Waals surface area contributed by atoms with Crippen molar-refractivity contribution in [2.45, 2.75) is 36.6 Å². The first-order valence-electron chi connectivity index (χ1n) is 10.4. The lowest BCUT2D eigenvalue weighted by Crippen LogP contribution is -2.58. The molecule has 4 heterocycles. The number of hydrogen-bond acceptors (Lipinski definition) is 4. The summed E-state index contributed by atoms with van der Waals surface area (Å²) in [6.45, 7) is 7.04. The number of fused-ring (bicyclic) bond motifs is 3. The van der Waals surface area contributed by atoms with E-state index in [1.165, 1.54) is 58.4 Å². The summed E-state index contributed by atoms with van der Waals surface area (Å²) in [5, 5.41) is 6.07. The molecule has 0 spiro atoms. The highest BCUT2D eigenvalue weighted by atomic mass is 32.2. The number of hydrogen-bond donors (Lipinski definition) is 2. The molecule has 1 aromatic carbocycles. The summed E-state index contributed by atoms with van der Waals surface area (Å²) < 4.78 is 0. The summed E-state index contributed by atoms with van der Waals surface area (Å²) in [5.41, 5.74) is 0.857. The van der Waals surface area contributed by atoms with Crippen LogP contribution in [0.25, 0.3) is 0 Å². The lowest BCUT2D eigenvalue weighted by molar-refractivity contribution is -0.00837. The second-order valence-electron chi connectivity index (χ2n) is 8.27. The normalized spacial score (nSPS) is 30.4. The van der Waals surface area contributed by atoms with Gasteiger partial charge in [-0.2, -0.15) is 0 Å². The Morgan fingerprint density at radius 2 is 2.11 bits per heavy atom. The van der Waals surface area contributed by atoms with Crippen LogP contribution in [-0.2, 0) is 0 Å². The van der Waals surface area contributed by atoms with Crippen molar-refractivity contribution in [3.05, 3.63) is 24.3 Å². The molecule has 5 rings (SSSR count). The van der Waals surface area contributed by atoms with Crippen molar-refractivity contribution in [3.8, 4) is 0 Å². The highest BCUT2D eigenvalue weighted by Gasteiger charge is 2.40. The molecule has 4 aliphatic heterocycles. The molecule has 4 saturated heterocycles. The number of carbonyl (C=O) groups is 1. The minimum atomic E-state index is -0.0930. The van der Waals surface area contributed by atoms with E-state index in [9.17, 15) is 4.79 Å². The number of carbonyl (C=O) groups excluding carboxylic acids is 1. The van der Waals surface area contributed by atoms with Gasteiger partial charge in [0.1, 0.15) is 0 Å². The van der Waals surface area contributed by atoms with Gasteiger partial charge in [0.25, 0.3) is 0 Å². The first kappa shape index (κ1) is 19.1. The molecule has 4 aliphatic rings. The summed E-state index contributed by atoms with van der Waals surface area (Å²) in [4.78, 5) is 18.7. The Kier molecular flexibility index (Phi) is 6.25. The molecule has 27 heavy (non-hydrogen) atoms. The van der Waals surface area contributed by atoms with E-state index in [1.807, 2.05) is 24.5 Å². The van der Waals surface area contributed by atoms with Gasteiger partial charge < -0.3 is 15.5 Å². The van der Waals surface area contributed by atoms with Gasteiger partial charge in [0.2, 0.25) is 0 Å². The molecule has 5 nitrogen and oxygen atoms in total. The van der Waals surface area contributed by atoms with Crippen LogP contribution in [-0.4, -0.2) is 67.4 Å². The van der Waals surface area contributed by atoms with Gasteiger partial charge in [0.15, 0.2) is 0 Å². The Balaban J connectivity index is 1.24. The second kappa shape index (κ2) is 8.84. The third-order valence-electron chi connectivity index (χ3n) is 6.53. The SMILES string of the molecule is CSc1cccc(NC(=O)NCC2CC3CCN2CC3CN2CCCC2)c1. The zero-order chi connectivity index (χ0) is 18.6. The minimum absolute atomic E-state index is 0.0930. The van der Waals surface area contributed by atoms with E-state index in [2.05, 4.69) is 26.5 Å². The van der Waals surface area contributed by atoms with Crippen LogP contribution in [0.5, 0.6) is 0 Å². The molecular weight excluding hydrogens is 356 g/mol. The van der Waals surface area contributed by atoms with Gasteiger partial charge in [-0.1, -0.05) is 6.07 Å². The van der Waals surface area contributed by atoms with Gasteiger partial charge in [-0.05, 0) is 81.6 Å². The first-order valence-corrected chi connectivity index (χ1v) is 11.6. The molecule has 2 amide bonds. The van der Waals surface area contributed by atoms with Gasteiger partial charge in [-0.15, -0.1) is 11.8 Å². The van der Waals surface area contributed by atoms with E-state index in [4.69, 9.17) is 0 Å². The molecule has 0 aromatic heterocycles. The monoisotopic (exact) mass is 388 g/mol. The second-order valence-corrected chi connectivity index (χ2v) is 9.15. The number of nitrogens with one attached hydrogen (secondary N) is 2. The smallest absolute Gasteiger partial charge is 0.319 e. The van der Waals surface area contributed by atoms with Crippen LogP contribution in [0, 0.1) is 11.8 Å². The van der Waals surface area contributed by atoms with E-state index < -0.39 is 0 Å². The predicted molar refractivity (Wildman–Crippen MR) is 112 cm³/mol. The van der Waals surface area contributed by atoms with Crippen molar-refractivity contribution >= 4 is 23.5 Å². The van der Waals surface area contributed by atoms with E-state index >= 15 is 0 Å². The predicted octanol–water partition coefficient (Wildman–Crippen LogP) is 3.34. The zero-order valence-electron chi connectivity index (χ0n) is 16.3. The fourth-order valence-electron chi connectivity index (χ4n) is 5.05. The molecule has 0 saturated carbocycles. The van der Waals surface area contributed by atoms with Crippen LogP contribution >= 0.6 is 11.8 Å². The Morgan fingerprint density at radius 1 is 1.26 bits per heavy atom. The van der Waals surface area contributed by atoms with E-state index in [0.29, 0.717) is 6.04 Å². The third kappa shape index (κ3) is 4.79. The van der Waals surface area contributed by atoms with Crippen LogP contribution in [0.1, 0.15) is 25.7 Å². The van der Waals surface area contributed by atoms with Gasteiger partial charge in [0, 0.05) is 36.3 Å². The Bertz CT molecular complexity index is 649. The number of rotatable bonds is 6. The van der Waals surface area contributed by atoms with Crippen LogP contribution in [0.4, 0.5) is 10.5 Å². The Morgan fingerprint density at radius 3 is 2.85 bits per heavy atom. The van der Waals surface area contributed by atoms with Gasteiger partial charge in [0.05, 0.1) is 0 Å². The average Bonchev–Trinajstić information content (AvgIpc) is 3.20.